The van der Waals surface area contributed by atoms with Gasteiger partial charge in [0.2, 0.25) is 0 Å². The van der Waals surface area contributed by atoms with Gasteiger partial charge < -0.3 is 15.4 Å². The number of amides is 1. The van der Waals surface area contributed by atoms with Gasteiger partial charge in [0.25, 0.3) is 5.91 Å². The van der Waals surface area contributed by atoms with Gasteiger partial charge in [-0.2, -0.15) is 0 Å². The van der Waals surface area contributed by atoms with E-state index in [4.69, 9.17) is 11.6 Å². The summed E-state index contributed by atoms with van der Waals surface area (Å²) in [6.07, 6.45) is 3.09. The maximum absolute atomic E-state index is 12.6. The molecule has 0 bridgehead atoms. The summed E-state index contributed by atoms with van der Waals surface area (Å²) in [5.74, 6) is -0.689. The molecule has 6 nitrogen and oxygen atoms in total. The van der Waals surface area contributed by atoms with Gasteiger partial charge in [-0.1, -0.05) is 17.7 Å². The minimum Gasteiger partial charge on any atom is -0.465 e. The van der Waals surface area contributed by atoms with Gasteiger partial charge in [-0.15, -0.1) is 0 Å². The molecule has 0 unspecified atom stereocenters. The summed E-state index contributed by atoms with van der Waals surface area (Å²) in [5, 5.41) is 6.54. The summed E-state index contributed by atoms with van der Waals surface area (Å²) in [5.41, 5.74) is 3.80. The van der Waals surface area contributed by atoms with Crippen molar-refractivity contribution in [2.24, 2.45) is 0 Å². The average Bonchev–Trinajstić information content (AvgIpc) is 2.71. The summed E-state index contributed by atoms with van der Waals surface area (Å²) in [6, 6.07) is 13.8. The van der Waals surface area contributed by atoms with Gasteiger partial charge in [0, 0.05) is 22.6 Å². The predicted octanol–water partition coefficient (Wildman–Crippen LogP) is 4.83. The van der Waals surface area contributed by atoms with Crippen LogP contribution in [0.5, 0.6) is 0 Å². The number of aromatic nitrogens is 1. The zero-order valence-corrected chi connectivity index (χ0v) is 16.1. The number of nitrogens with zero attached hydrogens (tertiary/aromatic N) is 1. The summed E-state index contributed by atoms with van der Waals surface area (Å²) >= 11 is 6.00. The topological polar surface area (TPSA) is 80.3 Å². The van der Waals surface area contributed by atoms with Crippen LogP contribution in [0.15, 0.2) is 60.9 Å². The Balaban J connectivity index is 1.74. The molecular weight excluding hydrogens is 378 g/mol. The number of aryl methyl sites for hydroxylation is 1. The second-order valence-corrected chi connectivity index (χ2v) is 6.51. The third kappa shape index (κ3) is 4.66. The van der Waals surface area contributed by atoms with E-state index in [-0.39, 0.29) is 5.91 Å². The maximum atomic E-state index is 12.6. The van der Waals surface area contributed by atoms with Crippen molar-refractivity contribution in [2.45, 2.75) is 6.92 Å². The Morgan fingerprint density at radius 2 is 1.71 bits per heavy atom. The summed E-state index contributed by atoms with van der Waals surface area (Å²) < 4.78 is 4.68. The van der Waals surface area contributed by atoms with E-state index in [1.165, 1.54) is 13.3 Å². The molecule has 0 fully saturated rings. The van der Waals surface area contributed by atoms with Gasteiger partial charge in [-0.05, 0) is 55.0 Å². The molecule has 0 saturated heterocycles. The smallest absolute Gasteiger partial charge is 0.337 e. The van der Waals surface area contributed by atoms with Gasteiger partial charge in [-0.3, -0.25) is 9.78 Å². The van der Waals surface area contributed by atoms with E-state index in [0.29, 0.717) is 27.5 Å². The second kappa shape index (κ2) is 8.54. The molecule has 0 aliphatic heterocycles. The van der Waals surface area contributed by atoms with Crippen molar-refractivity contribution in [1.29, 1.82) is 0 Å². The number of anilines is 3. The van der Waals surface area contributed by atoms with Crippen molar-refractivity contribution in [1.82, 2.24) is 4.98 Å². The number of carbonyl (C=O) groups excluding carboxylic acids is 2. The first-order chi connectivity index (χ1) is 13.5. The number of ether oxygens (including phenoxy) is 1. The Morgan fingerprint density at radius 3 is 2.43 bits per heavy atom. The van der Waals surface area contributed by atoms with E-state index in [2.05, 4.69) is 20.4 Å². The Hall–Kier alpha value is -3.38. The van der Waals surface area contributed by atoms with Crippen LogP contribution in [0.3, 0.4) is 0 Å². The zero-order chi connectivity index (χ0) is 20.1. The highest BCUT2D eigenvalue weighted by atomic mass is 35.5. The molecule has 0 radical (unpaired) electrons. The van der Waals surface area contributed by atoms with Crippen LogP contribution in [0, 0.1) is 6.92 Å². The third-order valence-electron chi connectivity index (χ3n) is 4.04. The summed E-state index contributed by atoms with van der Waals surface area (Å²) in [6.45, 7) is 1.89. The maximum Gasteiger partial charge on any atom is 0.337 e. The number of esters is 1. The molecule has 3 aromatic rings. The largest absolute Gasteiger partial charge is 0.465 e. The molecule has 0 spiro atoms. The highest BCUT2D eigenvalue weighted by Crippen LogP contribution is 2.22. The molecule has 28 heavy (non-hydrogen) atoms. The Bertz CT molecular complexity index is 1020. The van der Waals surface area contributed by atoms with Gasteiger partial charge in [0.15, 0.2) is 0 Å². The van der Waals surface area contributed by atoms with Crippen molar-refractivity contribution < 1.29 is 14.3 Å². The molecule has 2 aromatic carbocycles. The first-order valence-corrected chi connectivity index (χ1v) is 8.82. The number of benzene rings is 2. The molecule has 0 saturated carbocycles. The van der Waals surface area contributed by atoms with Crippen LogP contribution >= 0.6 is 11.6 Å². The molecule has 2 N–H and O–H groups in total. The first-order valence-electron chi connectivity index (χ1n) is 8.44. The highest BCUT2D eigenvalue weighted by Gasteiger charge is 2.10. The fourth-order valence-corrected chi connectivity index (χ4v) is 2.70. The predicted molar refractivity (Wildman–Crippen MR) is 109 cm³/mol. The van der Waals surface area contributed by atoms with Crippen LogP contribution in [-0.4, -0.2) is 24.0 Å². The van der Waals surface area contributed by atoms with E-state index in [9.17, 15) is 9.59 Å². The van der Waals surface area contributed by atoms with Crippen LogP contribution in [0.2, 0.25) is 5.02 Å². The van der Waals surface area contributed by atoms with Crippen LogP contribution in [0.1, 0.15) is 26.3 Å². The lowest BCUT2D eigenvalue weighted by Gasteiger charge is -2.11. The van der Waals surface area contributed by atoms with Crippen molar-refractivity contribution in [2.75, 3.05) is 17.7 Å². The minimum absolute atomic E-state index is 0.289. The van der Waals surface area contributed by atoms with Crippen molar-refractivity contribution >= 4 is 40.5 Å². The van der Waals surface area contributed by atoms with Crippen LogP contribution in [0.25, 0.3) is 0 Å². The van der Waals surface area contributed by atoms with Gasteiger partial charge in [-0.25, -0.2) is 4.79 Å². The first kappa shape index (κ1) is 19.4. The molecule has 142 valence electrons. The Labute approximate surface area is 167 Å². The molecular formula is C21H18ClN3O3. The third-order valence-corrected chi connectivity index (χ3v) is 4.28. The van der Waals surface area contributed by atoms with E-state index >= 15 is 0 Å². The normalized spacial score (nSPS) is 10.2. The lowest BCUT2D eigenvalue weighted by Crippen LogP contribution is -2.13. The Morgan fingerprint density at radius 1 is 0.964 bits per heavy atom. The molecule has 0 atom stereocenters. The van der Waals surface area contributed by atoms with Crippen molar-refractivity contribution in [3.63, 3.8) is 0 Å². The van der Waals surface area contributed by atoms with E-state index in [0.717, 1.165) is 11.3 Å². The molecule has 7 heteroatoms. The number of pyridine rings is 1. The van der Waals surface area contributed by atoms with Gasteiger partial charge in [0.1, 0.15) is 0 Å². The number of carbonyl (C=O) groups is 2. The van der Waals surface area contributed by atoms with Crippen LogP contribution < -0.4 is 10.6 Å². The summed E-state index contributed by atoms with van der Waals surface area (Å²) in [4.78, 5) is 28.2. The number of halogens is 1. The SMILES string of the molecule is COC(=O)c1ccc(Nc2cncc(C(=O)Nc3cc(Cl)ccc3C)c2)cc1. The number of methoxy groups -OCH3 is 1. The quantitative estimate of drug-likeness (QED) is 0.605. The monoisotopic (exact) mass is 395 g/mol. The molecule has 3 rings (SSSR count). The van der Waals surface area contributed by atoms with Crippen LogP contribution in [0.4, 0.5) is 17.1 Å². The number of hydrogen-bond acceptors (Lipinski definition) is 5. The second-order valence-electron chi connectivity index (χ2n) is 6.07. The van der Waals surface area contributed by atoms with Gasteiger partial charge >= 0.3 is 5.97 Å². The Kier molecular flexibility index (Phi) is 5.91. The fourth-order valence-electron chi connectivity index (χ4n) is 2.53. The number of nitrogens with one attached hydrogen (secondary N) is 2. The van der Waals surface area contributed by atoms with E-state index < -0.39 is 5.97 Å². The fraction of sp³-hybridized carbons (Fsp3) is 0.0952. The van der Waals surface area contributed by atoms with Crippen molar-refractivity contribution in [3.05, 3.63) is 82.6 Å². The number of hydrogen-bond donors (Lipinski definition) is 2. The standard InChI is InChI=1S/C21H18ClN3O3/c1-13-3-6-16(22)10-19(13)25-20(26)15-9-18(12-23-11-15)24-17-7-4-14(5-8-17)21(27)28-2/h3-12,24H,1-2H3,(H,25,26). The van der Waals surface area contributed by atoms with Crippen LogP contribution in [-0.2, 0) is 4.74 Å². The minimum atomic E-state index is -0.400. The lowest BCUT2D eigenvalue weighted by atomic mass is 10.1. The number of rotatable bonds is 5. The molecule has 1 heterocycles. The van der Waals surface area contributed by atoms with E-state index in [1.807, 2.05) is 13.0 Å². The van der Waals surface area contributed by atoms with Gasteiger partial charge in [0.05, 0.1) is 30.1 Å². The van der Waals surface area contributed by atoms with E-state index in [1.54, 1.807) is 48.7 Å². The highest BCUT2D eigenvalue weighted by molar-refractivity contribution is 6.31. The molecule has 0 aliphatic rings. The molecule has 1 amide bonds. The average molecular weight is 396 g/mol. The van der Waals surface area contributed by atoms with Crippen molar-refractivity contribution in [3.8, 4) is 0 Å². The summed E-state index contributed by atoms with van der Waals surface area (Å²) in [7, 11) is 1.33. The zero-order valence-electron chi connectivity index (χ0n) is 15.3. The molecule has 0 aliphatic carbocycles. The lowest BCUT2D eigenvalue weighted by molar-refractivity contribution is 0.0600. The molecule has 1 aromatic heterocycles.